The minimum absolute atomic E-state index is 0.209. The Hall–Kier alpha value is -1.15. The van der Waals surface area contributed by atoms with Gasteiger partial charge in [-0.25, -0.2) is 4.68 Å². The Morgan fingerprint density at radius 1 is 1.23 bits per heavy atom. The van der Waals surface area contributed by atoms with Gasteiger partial charge in [0.05, 0.1) is 33.6 Å². The Morgan fingerprint density at radius 2 is 1.94 bits per heavy atom. The van der Waals surface area contributed by atoms with Crippen molar-refractivity contribution in [2.24, 2.45) is 0 Å². The molecular formula is C17H15Cl3N4O5S2. The highest BCUT2D eigenvalue weighted by Crippen LogP contribution is 2.41. The summed E-state index contributed by atoms with van der Waals surface area (Å²) in [6, 6.07) is 2.17. The van der Waals surface area contributed by atoms with E-state index in [9.17, 15) is 20.1 Å². The summed E-state index contributed by atoms with van der Waals surface area (Å²) in [6.07, 6.45) is -2.01. The molecule has 1 saturated heterocycles. The van der Waals surface area contributed by atoms with Crippen LogP contribution in [0.2, 0.25) is 15.1 Å². The summed E-state index contributed by atoms with van der Waals surface area (Å²) < 4.78 is 7.00. The van der Waals surface area contributed by atoms with E-state index in [2.05, 4.69) is 15.3 Å². The van der Waals surface area contributed by atoms with Gasteiger partial charge in [0.2, 0.25) is 0 Å². The summed E-state index contributed by atoms with van der Waals surface area (Å²) in [6.45, 7) is -0.483. The van der Waals surface area contributed by atoms with Crippen molar-refractivity contribution in [3.8, 4) is 11.4 Å². The van der Waals surface area contributed by atoms with Crippen molar-refractivity contribution in [2.45, 2.75) is 34.7 Å². The molecule has 3 heterocycles. The second-order valence-electron chi connectivity index (χ2n) is 6.66. The van der Waals surface area contributed by atoms with Crippen molar-refractivity contribution in [3.63, 3.8) is 0 Å². The number of thiazole rings is 1. The number of aromatic amines is 1. The number of benzene rings is 1. The Balaban J connectivity index is 1.63. The molecule has 4 rings (SSSR count). The lowest BCUT2D eigenvalue weighted by molar-refractivity contribution is -0.178. The van der Waals surface area contributed by atoms with Gasteiger partial charge in [0, 0.05) is 10.3 Å². The lowest BCUT2D eigenvalue weighted by Gasteiger charge is -2.41. The van der Waals surface area contributed by atoms with Gasteiger partial charge in [-0.2, -0.15) is 0 Å². The van der Waals surface area contributed by atoms with E-state index in [1.54, 1.807) is 17.5 Å². The largest absolute Gasteiger partial charge is 0.394 e. The predicted molar refractivity (Wildman–Crippen MR) is 118 cm³/mol. The van der Waals surface area contributed by atoms with Gasteiger partial charge in [-0.3, -0.25) is 4.79 Å². The highest BCUT2D eigenvalue weighted by atomic mass is 35.5. The molecule has 1 aliphatic heterocycles. The molecule has 1 aromatic carbocycles. The number of ether oxygens (including phenoxy) is 1. The molecule has 0 amide bonds. The molecule has 0 radical (unpaired) electrons. The van der Waals surface area contributed by atoms with Crippen LogP contribution in [0.25, 0.3) is 11.4 Å². The smallest absolute Gasteiger partial charge is 0.304 e. The zero-order valence-electron chi connectivity index (χ0n) is 15.4. The quantitative estimate of drug-likeness (QED) is 0.373. The molecule has 31 heavy (non-hydrogen) atoms. The van der Waals surface area contributed by atoms with E-state index in [1.165, 1.54) is 10.9 Å². The first-order chi connectivity index (χ1) is 14.8. The molecular weight excluding hydrogens is 511 g/mol. The van der Waals surface area contributed by atoms with Crippen molar-refractivity contribution >= 4 is 57.9 Å². The van der Waals surface area contributed by atoms with Crippen LogP contribution in [-0.2, 0) is 4.74 Å². The van der Waals surface area contributed by atoms with Crippen LogP contribution in [0.5, 0.6) is 0 Å². The van der Waals surface area contributed by atoms with E-state index in [4.69, 9.17) is 39.5 Å². The number of hydrogen-bond donors (Lipinski definition) is 4. The fourth-order valence-corrected chi connectivity index (χ4v) is 5.60. The van der Waals surface area contributed by atoms with E-state index in [0.29, 0.717) is 16.3 Å². The number of halogens is 3. The summed E-state index contributed by atoms with van der Waals surface area (Å²) in [4.78, 5) is 14.4. The first-order valence-corrected chi connectivity index (χ1v) is 11.7. The zero-order valence-corrected chi connectivity index (χ0v) is 19.3. The highest BCUT2D eigenvalue weighted by molar-refractivity contribution is 7.99. The summed E-state index contributed by atoms with van der Waals surface area (Å²) in [5.74, 6) is 0. The number of nitrogens with one attached hydrogen (secondary N) is 1. The number of aliphatic hydroxyl groups is 3. The number of nitrogens with zero attached hydrogens (tertiary/aromatic N) is 3. The molecule has 1 aliphatic rings. The average molecular weight is 526 g/mol. The molecule has 3 aromatic rings. The van der Waals surface area contributed by atoms with E-state index in [1.807, 2.05) is 0 Å². The lowest BCUT2D eigenvalue weighted by atomic mass is 9.97. The SMILES string of the molecule is O=c1[nH]c(-c2cn(C3C(O)C(CO)OC(Sc4cc(Cl)c(Cl)c(Cl)c4)C3O)nn2)cs1. The van der Waals surface area contributed by atoms with Crippen LogP contribution >= 0.6 is 57.9 Å². The topological polar surface area (TPSA) is 133 Å². The summed E-state index contributed by atoms with van der Waals surface area (Å²) in [7, 11) is 0. The maximum absolute atomic E-state index is 11.4. The third-order valence-electron chi connectivity index (χ3n) is 4.67. The molecule has 166 valence electrons. The van der Waals surface area contributed by atoms with Crippen LogP contribution in [0.1, 0.15) is 6.04 Å². The van der Waals surface area contributed by atoms with E-state index in [0.717, 1.165) is 23.1 Å². The maximum atomic E-state index is 11.4. The van der Waals surface area contributed by atoms with E-state index < -0.39 is 36.4 Å². The van der Waals surface area contributed by atoms with Crippen LogP contribution < -0.4 is 4.87 Å². The van der Waals surface area contributed by atoms with Gasteiger partial charge in [-0.1, -0.05) is 63.1 Å². The normalized spacial score (nSPS) is 26.3. The zero-order chi connectivity index (χ0) is 22.3. The summed E-state index contributed by atoms with van der Waals surface area (Å²) in [5, 5.41) is 41.6. The molecule has 0 bridgehead atoms. The molecule has 1 fully saturated rings. The molecule has 5 unspecified atom stereocenters. The van der Waals surface area contributed by atoms with Crippen molar-refractivity contribution < 1.29 is 20.1 Å². The molecule has 14 heteroatoms. The van der Waals surface area contributed by atoms with Gasteiger partial charge in [-0.15, -0.1) is 5.10 Å². The molecule has 5 atom stereocenters. The number of thioether (sulfide) groups is 1. The van der Waals surface area contributed by atoms with Crippen molar-refractivity contribution in [3.05, 3.63) is 48.4 Å². The molecule has 0 saturated carbocycles. The first kappa shape index (κ1) is 23.0. The summed E-state index contributed by atoms with van der Waals surface area (Å²) >= 11 is 20.2. The third-order valence-corrected chi connectivity index (χ3v) is 7.67. The van der Waals surface area contributed by atoms with Crippen LogP contribution in [0.4, 0.5) is 0 Å². The monoisotopic (exact) mass is 524 g/mol. The Morgan fingerprint density at radius 3 is 2.55 bits per heavy atom. The minimum atomic E-state index is -1.27. The average Bonchev–Trinajstić information content (AvgIpc) is 3.37. The number of H-pyrrole nitrogens is 1. The van der Waals surface area contributed by atoms with Crippen LogP contribution in [0.3, 0.4) is 0 Å². The minimum Gasteiger partial charge on any atom is -0.394 e. The van der Waals surface area contributed by atoms with Gasteiger partial charge in [0.25, 0.3) is 0 Å². The second-order valence-corrected chi connectivity index (χ2v) is 9.87. The third kappa shape index (κ3) is 4.65. The van der Waals surface area contributed by atoms with Crippen LogP contribution in [0, 0.1) is 0 Å². The Labute approximate surface area is 198 Å². The number of rotatable bonds is 5. The van der Waals surface area contributed by atoms with Crippen molar-refractivity contribution in [1.29, 1.82) is 0 Å². The second kappa shape index (κ2) is 9.38. The van der Waals surface area contributed by atoms with Crippen molar-refractivity contribution in [2.75, 3.05) is 6.61 Å². The first-order valence-electron chi connectivity index (χ1n) is 8.82. The van der Waals surface area contributed by atoms with Crippen LogP contribution in [-0.4, -0.2) is 65.7 Å². The Bertz CT molecular complexity index is 1120. The summed E-state index contributed by atoms with van der Waals surface area (Å²) in [5.41, 5.74) is -0.0647. The highest BCUT2D eigenvalue weighted by Gasteiger charge is 2.46. The fraction of sp³-hybridized carbons (Fsp3) is 0.353. The van der Waals surface area contributed by atoms with Crippen molar-refractivity contribution in [1.82, 2.24) is 20.0 Å². The fourth-order valence-electron chi connectivity index (χ4n) is 3.16. The van der Waals surface area contributed by atoms with E-state index >= 15 is 0 Å². The number of hydrogen-bond acceptors (Lipinski definition) is 9. The molecule has 0 spiro atoms. The standard InChI is InChI=1S/C17H15Cl3N4O5S2/c18-7-1-6(2-8(19)12(7)20)31-16-15(27)13(14(26)11(4-25)29-16)24-3-9(22-23-24)10-5-30-17(28)21-10/h1-3,5,11,13-16,25-27H,4H2,(H,21,28). The molecule has 4 N–H and O–H groups in total. The molecule has 2 aromatic heterocycles. The predicted octanol–water partition coefficient (Wildman–Crippen LogP) is 2.43. The maximum Gasteiger partial charge on any atom is 0.304 e. The lowest BCUT2D eigenvalue weighted by Crippen LogP contribution is -2.55. The van der Waals surface area contributed by atoms with Gasteiger partial charge in [-0.05, 0) is 12.1 Å². The number of aromatic nitrogens is 4. The van der Waals surface area contributed by atoms with Crippen LogP contribution in [0.15, 0.2) is 33.4 Å². The van der Waals surface area contributed by atoms with Gasteiger partial charge >= 0.3 is 4.87 Å². The van der Waals surface area contributed by atoms with Gasteiger partial charge < -0.3 is 25.0 Å². The molecule has 0 aliphatic carbocycles. The van der Waals surface area contributed by atoms with Gasteiger partial charge in [0.1, 0.15) is 35.5 Å². The van der Waals surface area contributed by atoms with Gasteiger partial charge in [0.15, 0.2) is 0 Å². The Kier molecular flexibility index (Phi) is 6.96. The van der Waals surface area contributed by atoms with E-state index in [-0.39, 0.29) is 19.9 Å². The number of aliphatic hydroxyl groups excluding tert-OH is 3. The molecule has 9 nitrogen and oxygen atoms in total.